The Labute approximate surface area is 105 Å². The molecular weight excluding hydrogens is 238 g/mol. The van der Waals surface area contributed by atoms with Crippen LogP contribution in [0.4, 0.5) is 0 Å². The van der Waals surface area contributed by atoms with Gasteiger partial charge in [0.25, 0.3) is 5.91 Å². The van der Waals surface area contributed by atoms with E-state index >= 15 is 0 Å². The maximum absolute atomic E-state index is 11.8. The number of rotatable bonds is 6. The normalized spacial score (nSPS) is 11.5. The van der Waals surface area contributed by atoms with Crippen LogP contribution in [0.3, 0.4) is 0 Å². The lowest BCUT2D eigenvalue weighted by atomic mass is 10.1. The van der Waals surface area contributed by atoms with Crippen molar-refractivity contribution < 1.29 is 9.53 Å². The fourth-order valence-electron chi connectivity index (χ4n) is 1.11. The molecule has 1 heterocycles. The Morgan fingerprint density at radius 3 is 2.94 bits per heavy atom. The highest BCUT2D eigenvalue weighted by Crippen LogP contribution is 2.10. The van der Waals surface area contributed by atoms with Crippen LogP contribution >= 0.6 is 11.3 Å². The summed E-state index contributed by atoms with van der Waals surface area (Å²) in [4.78, 5) is 16.0. The summed E-state index contributed by atoms with van der Waals surface area (Å²) in [6.45, 7) is 4.82. The van der Waals surface area contributed by atoms with Gasteiger partial charge in [-0.25, -0.2) is 4.98 Å². The molecule has 0 aromatic carbocycles. The Morgan fingerprint density at radius 2 is 2.35 bits per heavy atom. The van der Waals surface area contributed by atoms with E-state index < -0.39 is 0 Å². The van der Waals surface area contributed by atoms with Gasteiger partial charge in [0.05, 0.1) is 10.6 Å². The molecule has 0 aliphatic carbocycles. The van der Waals surface area contributed by atoms with E-state index in [9.17, 15) is 4.79 Å². The molecule has 0 bridgehead atoms. The molecule has 0 saturated heterocycles. The van der Waals surface area contributed by atoms with Gasteiger partial charge in [-0.3, -0.25) is 4.79 Å². The molecular formula is C11H19N3O2S. The van der Waals surface area contributed by atoms with Crippen LogP contribution in [0, 0.1) is 0 Å². The largest absolute Gasteiger partial charge is 0.377 e. The number of aromatic nitrogens is 1. The van der Waals surface area contributed by atoms with Gasteiger partial charge in [0.2, 0.25) is 0 Å². The fraction of sp³-hybridized carbons (Fsp3) is 0.636. The third kappa shape index (κ3) is 4.41. The van der Waals surface area contributed by atoms with Crippen LogP contribution < -0.4 is 11.1 Å². The molecule has 1 aromatic rings. The van der Waals surface area contributed by atoms with E-state index in [1.54, 1.807) is 12.5 Å². The lowest BCUT2D eigenvalue weighted by Gasteiger charge is -2.22. The third-order valence-corrected chi connectivity index (χ3v) is 3.28. The Hall–Kier alpha value is -0.980. The highest BCUT2D eigenvalue weighted by molar-refractivity contribution is 7.09. The van der Waals surface area contributed by atoms with Crippen LogP contribution in [-0.2, 0) is 11.2 Å². The number of thiazole rings is 1. The van der Waals surface area contributed by atoms with Crippen molar-refractivity contribution in [3.63, 3.8) is 0 Å². The molecule has 1 amide bonds. The summed E-state index contributed by atoms with van der Waals surface area (Å²) in [5.74, 6) is -0.172. The zero-order valence-corrected chi connectivity index (χ0v) is 11.3. The highest BCUT2D eigenvalue weighted by Gasteiger charge is 2.18. The summed E-state index contributed by atoms with van der Waals surface area (Å²) in [6.07, 6.45) is 0.710. The maximum atomic E-state index is 11.8. The molecule has 0 unspecified atom stereocenters. The predicted molar refractivity (Wildman–Crippen MR) is 68.3 cm³/mol. The summed E-state index contributed by atoms with van der Waals surface area (Å²) in [5.41, 5.74) is 5.51. The number of hydrogen-bond donors (Lipinski definition) is 2. The van der Waals surface area contributed by atoms with E-state index in [0.717, 1.165) is 5.01 Å². The topological polar surface area (TPSA) is 77.2 Å². The number of methoxy groups -OCH3 is 1. The first kappa shape index (κ1) is 14.1. The van der Waals surface area contributed by atoms with Gasteiger partial charge in [-0.1, -0.05) is 0 Å². The minimum Gasteiger partial charge on any atom is -0.377 e. The van der Waals surface area contributed by atoms with Crippen LogP contribution in [-0.4, -0.2) is 36.7 Å². The van der Waals surface area contributed by atoms with Gasteiger partial charge in [-0.15, -0.1) is 11.3 Å². The predicted octanol–water partition coefficient (Wildman–Crippen LogP) is 0.799. The van der Waals surface area contributed by atoms with Gasteiger partial charge in [-0.05, 0) is 20.4 Å². The number of nitrogens with two attached hydrogens (primary N) is 1. The van der Waals surface area contributed by atoms with E-state index in [2.05, 4.69) is 10.3 Å². The van der Waals surface area contributed by atoms with Gasteiger partial charge in [0.1, 0.15) is 5.69 Å². The number of carbonyl (C=O) groups is 1. The van der Waals surface area contributed by atoms with E-state index in [0.29, 0.717) is 25.2 Å². The van der Waals surface area contributed by atoms with Gasteiger partial charge >= 0.3 is 0 Å². The van der Waals surface area contributed by atoms with E-state index in [1.807, 2.05) is 13.8 Å². The molecule has 3 N–H and O–H groups in total. The summed E-state index contributed by atoms with van der Waals surface area (Å²) >= 11 is 1.46. The van der Waals surface area contributed by atoms with Crippen molar-refractivity contribution in [2.24, 2.45) is 5.73 Å². The average molecular weight is 257 g/mol. The van der Waals surface area contributed by atoms with E-state index in [-0.39, 0.29) is 11.5 Å². The number of ether oxygens (including phenoxy) is 1. The van der Waals surface area contributed by atoms with Crippen molar-refractivity contribution in [2.45, 2.75) is 25.9 Å². The van der Waals surface area contributed by atoms with Gasteiger partial charge in [0, 0.05) is 25.5 Å². The molecule has 6 heteroatoms. The van der Waals surface area contributed by atoms with Gasteiger partial charge in [-0.2, -0.15) is 0 Å². The Bertz CT molecular complexity index is 377. The zero-order valence-electron chi connectivity index (χ0n) is 10.4. The van der Waals surface area contributed by atoms with Crippen LogP contribution in [0.5, 0.6) is 0 Å². The van der Waals surface area contributed by atoms with Crippen molar-refractivity contribution in [3.8, 4) is 0 Å². The van der Waals surface area contributed by atoms with E-state index in [1.165, 1.54) is 11.3 Å². The molecule has 0 aliphatic heterocycles. The second kappa shape index (κ2) is 6.09. The number of carbonyl (C=O) groups excluding carboxylic acids is 1. The van der Waals surface area contributed by atoms with E-state index in [4.69, 9.17) is 10.5 Å². The van der Waals surface area contributed by atoms with Gasteiger partial charge in [0.15, 0.2) is 0 Å². The van der Waals surface area contributed by atoms with Crippen LogP contribution in [0.1, 0.15) is 29.3 Å². The maximum Gasteiger partial charge on any atom is 0.270 e. The Kier molecular flexibility index (Phi) is 5.04. The highest BCUT2D eigenvalue weighted by atomic mass is 32.1. The van der Waals surface area contributed by atoms with Crippen molar-refractivity contribution in [1.29, 1.82) is 0 Å². The number of amides is 1. The van der Waals surface area contributed by atoms with Crippen molar-refractivity contribution >= 4 is 17.2 Å². The molecule has 96 valence electrons. The standard InChI is InChI=1S/C11H19N3O2S/c1-11(2,16-3)7-13-10(15)8-6-17-9(14-8)4-5-12/h6H,4-5,7,12H2,1-3H3,(H,13,15). The third-order valence-electron chi connectivity index (χ3n) is 2.37. The lowest BCUT2D eigenvalue weighted by Crippen LogP contribution is -2.39. The molecule has 0 saturated carbocycles. The SMILES string of the molecule is COC(C)(C)CNC(=O)c1csc(CCN)n1. The summed E-state index contributed by atoms with van der Waals surface area (Å²) in [5, 5.41) is 5.44. The van der Waals surface area contributed by atoms with Crippen molar-refractivity contribution in [2.75, 3.05) is 20.2 Å². The summed E-state index contributed by atoms with van der Waals surface area (Å²) in [6, 6.07) is 0. The molecule has 5 nitrogen and oxygen atoms in total. The fourth-order valence-corrected chi connectivity index (χ4v) is 1.90. The molecule has 0 fully saturated rings. The molecule has 0 spiro atoms. The minimum absolute atomic E-state index is 0.172. The Balaban J connectivity index is 2.52. The molecule has 1 rings (SSSR count). The molecule has 0 atom stereocenters. The smallest absolute Gasteiger partial charge is 0.270 e. The van der Waals surface area contributed by atoms with Crippen LogP contribution in [0.25, 0.3) is 0 Å². The van der Waals surface area contributed by atoms with Gasteiger partial charge < -0.3 is 15.8 Å². The molecule has 0 radical (unpaired) electrons. The first-order valence-corrected chi connectivity index (χ1v) is 6.34. The monoisotopic (exact) mass is 257 g/mol. The molecule has 1 aromatic heterocycles. The lowest BCUT2D eigenvalue weighted by molar-refractivity contribution is 0.0228. The molecule has 17 heavy (non-hydrogen) atoms. The zero-order chi connectivity index (χ0) is 12.9. The quantitative estimate of drug-likeness (QED) is 0.790. The van der Waals surface area contributed by atoms with Crippen LogP contribution in [0.2, 0.25) is 0 Å². The van der Waals surface area contributed by atoms with Crippen molar-refractivity contribution in [1.82, 2.24) is 10.3 Å². The molecule has 0 aliphatic rings. The summed E-state index contributed by atoms with van der Waals surface area (Å²) in [7, 11) is 1.62. The van der Waals surface area contributed by atoms with Crippen molar-refractivity contribution in [3.05, 3.63) is 16.1 Å². The average Bonchev–Trinajstić information content (AvgIpc) is 2.75. The Morgan fingerprint density at radius 1 is 1.65 bits per heavy atom. The second-order valence-electron chi connectivity index (χ2n) is 4.31. The number of nitrogens with zero attached hydrogens (tertiary/aromatic N) is 1. The van der Waals surface area contributed by atoms with Crippen LogP contribution in [0.15, 0.2) is 5.38 Å². The number of hydrogen-bond acceptors (Lipinski definition) is 5. The summed E-state index contributed by atoms with van der Waals surface area (Å²) < 4.78 is 5.22. The first-order chi connectivity index (χ1) is 7.98. The second-order valence-corrected chi connectivity index (χ2v) is 5.25. The first-order valence-electron chi connectivity index (χ1n) is 5.46. The number of nitrogens with one attached hydrogen (secondary N) is 1. The minimum atomic E-state index is -0.369.